The first kappa shape index (κ1) is 19.2. The van der Waals surface area contributed by atoms with E-state index in [-0.39, 0.29) is 24.3 Å². The highest BCUT2D eigenvalue weighted by atomic mass is 35.5. The van der Waals surface area contributed by atoms with Crippen LogP contribution in [0.1, 0.15) is 18.4 Å². The molecule has 0 aliphatic carbocycles. The van der Waals surface area contributed by atoms with Crippen molar-refractivity contribution in [3.63, 3.8) is 0 Å². The minimum absolute atomic E-state index is 0.0823. The van der Waals surface area contributed by atoms with Crippen LogP contribution in [-0.2, 0) is 6.18 Å². The molecule has 10 heteroatoms. The quantitative estimate of drug-likeness (QED) is 0.837. The van der Waals surface area contributed by atoms with Gasteiger partial charge in [0.05, 0.1) is 29.5 Å². The smallest absolute Gasteiger partial charge is 0.416 e. The third-order valence-electron chi connectivity index (χ3n) is 3.98. The summed E-state index contributed by atoms with van der Waals surface area (Å²) in [6.07, 6.45) is -0.570. The van der Waals surface area contributed by atoms with E-state index in [1.54, 1.807) is 0 Å². The summed E-state index contributed by atoms with van der Waals surface area (Å²) in [7, 11) is 0. The van der Waals surface area contributed by atoms with E-state index in [4.69, 9.17) is 16.3 Å². The van der Waals surface area contributed by atoms with Gasteiger partial charge >= 0.3 is 18.2 Å². The second kappa shape index (κ2) is 7.99. The van der Waals surface area contributed by atoms with E-state index in [0.29, 0.717) is 24.4 Å². The second-order valence-corrected chi connectivity index (χ2v) is 6.46. The first-order valence-electron chi connectivity index (χ1n) is 8.18. The van der Waals surface area contributed by atoms with Crippen LogP contribution in [0.3, 0.4) is 0 Å². The van der Waals surface area contributed by atoms with Gasteiger partial charge in [0.1, 0.15) is 6.10 Å². The lowest BCUT2D eigenvalue weighted by atomic mass is 10.1. The van der Waals surface area contributed by atoms with Crippen molar-refractivity contribution in [3.8, 4) is 6.01 Å². The third-order valence-corrected chi connectivity index (χ3v) is 4.17. The molecule has 27 heavy (non-hydrogen) atoms. The van der Waals surface area contributed by atoms with Crippen molar-refractivity contribution in [1.29, 1.82) is 0 Å². The summed E-state index contributed by atoms with van der Waals surface area (Å²) in [5.74, 6) is 0. The lowest BCUT2D eigenvalue weighted by Gasteiger charge is -2.32. The Kier molecular flexibility index (Phi) is 5.69. The number of ether oxygens (including phenoxy) is 1. The molecule has 1 saturated heterocycles. The van der Waals surface area contributed by atoms with E-state index in [1.807, 2.05) is 0 Å². The summed E-state index contributed by atoms with van der Waals surface area (Å²) in [5, 5.41) is 2.88. The number of amides is 2. The van der Waals surface area contributed by atoms with Crippen LogP contribution in [0.15, 0.2) is 36.7 Å². The van der Waals surface area contributed by atoms with Gasteiger partial charge in [0.2, 0.25) is 0 Å². The largest absolute Gasteiger partial charge is 0.458 e. The zero-order valence-electron chi connectivity index (χ0n) is 14.0. The molecule has 1 fully saturated rings. The molecule has 0 unspecified atom stereocenters. The van der Waals surface area contributed by atoms with Gasteiger partial charge in [-0.25, -0.2) is 14.8 Å². The molecule has 1 aromatic carbocycles. The molecular formula is C17H16ClF3N4O2. The summed E-state index contributed by atoms with van der Waals surface area (Å²) in [6.45, 7) is 0.753. The number of hydrogen-bond donors (Lipinski definition) is 1. The maximum Gasteiger partial charge on any atom is 0.416 e. The molecule has 6 nitrogen and oxygen atoms in total. The number of nitrogens with zero attached hydrogens (tertiary/aromatic N) is 3. The summed E-state index contributed by atoms with van der Waals surface area (Å²) in [5.41, 5.74) is -0.737. The zero-order chi connectivity index (χ0) is 19.4. The van der Waals surface area contributed by atoms with E-state index >= 15 is 0 Å². The number of halogens is 4. The molecular weight excluding hydrogens is 385 g/mol. The molecule has 2 amide bonds. The molecule has 3 rings (SSSR count). The first-order chi connectivity index (χ1) is 12.8. The van der Waals surface area contributed by atoms with Crippen molar-refractivity contribution in [1.82, 2.24) is 14.9 Å². The molecule has 2 aromatic rings. The van der Waals surface area contributed by atoms with Gasteiger partial charge in [0.15, 0.2) is 0 Å². The second-order valence-electron chi connectivity index (χ2n) is 6.02. The number of nitrogens with one attached hydrogen (secondary N) is 1. The number of alkyl halides is 3. The molecule has 144 valence electrons. The number of benzene rings is 1. The van der Waals surface area contributed by atoms with Gasteiger partial charge in [-0.15, -0.1) is 0 Å². The number of carbonyl (C=O) groups is 1. The number of rotatable bonds is 3. The number of likely N-dealkylation sites (tertiary alicyclic amines) is 1. The Labute approximate surface area is 158 Å². The van der Waals surface area contributed by atoms with Crippen LogP contribution < -0.4 is 10.1 Å². The Morgan fingerprint density at radius 1 is 1.30 bits per heavy atom. The van der Waals surface area contributed by atoms with Gasteiger partial charge in [-0.1, -0.05) is 17.7 Å². The molecule has 0 radical (unpaired) electrons. The Bertz CT molecular complexity index is 802. The van der Waals surface area contributed by atoms with Gasteiger partial charge in [-0.05, 0) is 31.0 Å². The predicted molar refractivity (Wildman–Crippen MR) is 92.7 cm³/mol. The van der Waals surface area contributed by atoms with Crippen molar-refractivity contribution in [2.24, 2.45) is 0 Å². The van der Waals surface area contributed by atoms with Gasteiger partial charge in [0.25, 0.3) is 0 Å². The molecule has 1 aromatic heterocycles. The number of urea groups is 1. The van der Waals surface area contributed by atoms with Crippen LogP contribution >= 0.6 is 11.6 Å². The van der Waals surface area contributed by atoms with Gasteiger partial charge in [-0.3, -0.25) is 0 Å². The van der Waals surface area contributed by atoms with E-state index in [2.05, 4.69) is 15.3 Å². The summed E-state index contributed by atoms with van der Waals surface area (Å²) in [4.78, 5) is 21.8. The highest BCUT2D eigenvalue weighted by Crippen LogP contribution is 2.30. The predicted octanol–water partition coefficient (Wildman–Crippen LogP) is 4.22. The van der Waals surface area contributed by atoms with Crippen molar-refractivity contribution in [3.05, 3.63) is 47.2 Å². The third kappa shape index (κ3) is 5.22. The lowest BCUT2D eigenvalue weighted by Crippen LogP contribution is -2.46. The maximum atomic E-state index is 12.8. The Morgan fingerprint density at radius 3 is 2.74 bits per heavy atom. The standard InChI is InChI=1S/C17H16ClF3N4O2/c18-12-8-22-15(23-9-12)27-14-5-2-6-25(10-14)16(26)24-13-4-1-3-11(7-13)17(19,20)21/h1,3-4,7-9,14H,2,5-6,10H2,(H,24,26)/t14-/m0/s1. The fourth-order valence-corrected chi connectivity index (χ4v) is 2.80. The number of piperidine rings is 1. The Balaban J connectivity index is 1.60. The van der Waals surface area contributed by atoms with E-state index in [9.17, 15) is 18.0 Å². The van der Waals surface area contributed by atoms with Crippen LogP contribution in [0.2, 0.25) is 5.02 Å². The van der Waals surface area contributed by atoms with Crippen LogP contribution in [-0.4, -0.2) is 40.1 Å². The molecule has 0 saturated carbocycles. The molecule has 0 spiro atoms. The molecule has 1 atom stereocenters. The highest BCUT2D eigenvalue weighted by molar-refractivity contribution is 6.30. The number of anilines is 1. The minimum Gasteiger partial charge on any atom is -0.458 e. The van der Waals surface area contributed by atoms with Crippen LogP contribution in [0.4, 0.5) is 23.7 Å². The van der Waals surface area contributed by atoms with Gasteiger partial charge < -0.3 is 15.0 Å². The topological polar surface area (TPSA) is 67.4 Å². The SMILES string of the molecule is O=C(Nc1cccc(C(F)(F)F)c1)N1CCC[C@H](Oc2ncc(Cl)cn2)C1. The Hall–Kier alpha value is -2.55. The normalized spacial score (nSPS) is 17.5. The Morgan fingerprint density at radius 2 is 2.04 bits per heavy atom. The van der Waals surface area contributed by atoms with Crippen molar-refractivity contribution in [2.75, 3.05) is 18.4 Å². The molecule has 1 N–H and O–H groups in total. The van der Waals surface area contributed by atoms with Crippen molar-refractivity contribution >= 4 is 23.3 Å². The molecule has 1 aliphatic heterocycles. The molecule has 1 aliphatic rings. The number of hydrogen-bond acceptors (Lipinski definition) is 4. The van der Waals surface area contributed by atoms with Gasteiger partial charge in [-0.2, -0.15) is 13.2 Å². The van der Waals surface area contributed by atoms with Crippen LogP contribution in [0, 0.1) is 0 Å². The lowest BCUT2D eigenvalue weighted by molar-refractivity contribution is -0.137. The molecule has 0 bridgehead atoms. The van der Waals surface area contributed by atoms with E-state index < -0.39 is 17.8 Å². The maximum absolute atomic E-state index is 12.8. The fraction of sp³-hybridized carbons (Fsp3) is 0.353. The fourth-order valence-electron chi connectivity index (χ4n) is 2.71. The average molecular weight is 401 g/mol. The van der Waals surface area contributed by atoms with Crippen molar-refractivity contribution < 1.29 is 22.7 Å². The average Bonchev–Trinajstić information content (AvgIpc) is 2.63. The number of aromatic nitrogens is 2. The van der Waals surface area contributed by atoms with E-state index in [0.717, 1.165) is 12.1 Å². The first-order valence-corrected chi connectivity index (χ1v) is 8.56. The monoisotopic (exact) mass is 400 g/mol. The summed E-state index contributed by atoms with van der Waals surface area (Å²) in [6, 6.07) is 4.18. The van der Waals surface area contributed by atoms with Crippen LogP contribution in [0.5, 0.6) is 6.01 Å². The number of carbonyl (C=O) groups excluding carboxylic acids is 1. The van der Waals surface area contributed by atoms with Gasteiger partial charge in [0, 0.05) is 12.2 Å². The minimum atomic E-state index is -4.47. The zero-order valence-corrected chi connectivity index (χ0v) is 14.8. The highest BCUT2D eigenvalue weighted by Gasteiger charge is 2.31. The molecule has 2 heterocycles. The van der Waals surface area contributed by atoms with E-state index in [1.165, 1.54) is 29.4 Å². The summed E-state index contributed by atoms with van der Waals surface area (Å²) < 4.78 is 44.0. The summed E-state index contributed by atoms with van der Waals surface area (Å²) >= 11 is 5.72. The van der Waals surface area contributed by atoms with Crippen molar-refractivity contribution in [2.45, 2.75) is 25.1 Å². The van der Waals surface area contributed by atoms with Crippen LogP contribution in [0.25, 0.3) is 0 Å².